The number of methoxy groups -OCH3 is 2. The molecule has 2 aromatic rings. The predicted octanol–water partition coefficient (Wildman–Crippen LogP) is 1.56. The summed E-state index contributed by atoms with van der Waals surface area (Å²) < 4.78 is 10.7. The average Bonchev–Trinajstić information content (AvgIpc) is 3.27. The summed E-state index contributed by atoms with van der Waals surface area (Å²) in [6, 6.07) is 9.67. The van der Waals surface area contributed by atoms with E-state index in [2.05, 4.69) is 27.1 Å². The standard InChI is InChI=1S/C26H35N5O4/c1-29-11-13-30(14-12-29)25-20(5-4-9-27-25)17-28-26(33)21-16-24(32)31(18-21)10-8-19-6-7-22(34-2)23(15-19)35-3/h4-7,9,15,21H,8,10-14,16-18H2,1-3H3,(H,28,33). The fourth-order valence-electron chi connectivity index (χ4n) is 4.66. The highest BCUT2D eigenvalue weighted by atomic mass is 16.5. The van der Waals surface area contributed by atoms with E-state index < -0.39 is 0 Å². The first-order valence-corrected chi connectivity index (χ1v) is 12.1. The SMILES string of the molecule is COc1ccc(CCN2CC(C(=O)NCc3cccnc3N3CCN(C)CC3)CC2=O)cc1OC. The molecule has 0 radical (unpaired) electrons. The first-order valence-electron chi connectivity index (χ1n) is 12.1. The Balaban J connectivity index is 1.30. The Labute approximate surface area is 207 Å². The molecule has 2 amide bonds. The van der Waals surface area contributed by atoms with Gasteiger partial charge >= 0.3 is 0 Å². The summed E-state index contributed by atoms with van der Waals surface area (Å²) in [5.74, 6) is 1.87. The second-order valence-corrected chi connectivity index (χ2v) is 9.17. The monoisotopic (exact) mass is 481 g/mol. The van der Waals surface area contributed by atoms with Gasteiger partial charge in [-0.1, -0.05) is 12.1 Å². The molecule has 2 fully saturated rings. The van der Waals surface area contributed by atoms with Crippen molar-refractivity contribution in [1.29, 1.82) is 0 Å². The van der Waals surface area contributed by atoms with E-state index in [9.17, 15) is 9.59 Å². The molecule has 0 spiro atoms. The van der Waals surface area contributed by atoms with Crippen molar-refractivity contribution in [1.82, 2.24) is 20.1 Å². The molecule has 1 aromatic carbocycles. The van der Waals surface area contributed by atoms with E-state index in [0.29, 0.717) is 37.6 Å². The molecular formula is C26H35N5O4. The number of carbonyl (C=O) groups excluding carboxylic acids is 2. The highest BCUT2D eigenvalue weighted by Gasteiger charge is 2.34. The maximum atomic E-state index is 12.9. The molecule has 1 N–H and O–H groups in total. The van der Waals surface area contributed by atoms with E-state index in [0.717, 1.165) is 43.1 Å². The minimum absolute atomic E-state index is 0.0186. The molecule has 0 bridgehead atoms. The van der Waals surface area contributed by atoms with E-state index in [4.69, 9.17) is 9.47 Å². The number of carbonyl (C=O) groups is 2. The predicted molar refractivity (Wildman–Crippen MR) is 134 cm³/mol. The molecule has 0 saturated carbocycles. The number of likely N-dealkylation sites (tertiary alicyclic amines) is 1. The normalized spacial score (nSPS) is 18.6. The van der Waals surface area contributed by atoms with E-state index in [1.54, 1.807) is 25.3 Å². The first kappa shape index (κ1) is 24.8. The number of piperazine rings is 1. The van der Waals surface area contributed by atoms with Crippen LogP contribution in [-0.2, 0) is 22.6 Å². The van der Waals surface area contributed by atoms with Gasteiger partial charge in [0.25, 0.3) is 0 Å². The van der Waals surface area contributed by atoms with Crippen molar-refractivity contribution >= 4 is 17.6 Å². The number of hydrogen-bond donors (Lipinski definition) is 1. The van der Waals surface area contributed by atoms with E-state index in [-0.39, 0.29) is 24.2 Å². The summed E-state index contributed by atoms with van der Waals surface area (Å²) in [6.45, 7) is 5.23. The largest absolute Gasteiger partial charge is 0.493 e. The zero-order valence-corrected chi connectivity index (χ0v) is 20.8. The van der Waals surface area contributed by atoms with Gasteiger partial charge in [-0.3, -0.25) is 9.59 Å². The Hall–Kier alpha value is -3.33. The van der Waals surface area contributed by atoms with Crippen LogP contribution in [0.1, 0.15) is 17.5 Å². The molecule has 2 aliphatic rings. The molecule has 4 rings (SSSR count). The summed E-state index contributed by atoms with van der Waals surface area (Å²) in [5, 5.41) is 3.05. The van der Waals surface area contributed by atoms with Crippen LogP contribution in [0.3, 0.4) is 0 Å². The van der Waals surface area contributed by atoms with Crippen LogP contribution in [0, 0.1) is 5.92 Å². The molecule has 9 heteroatoms. The summed E-state index contributed by atoms with van der Waals surface area (Å²) in [7, 11) is 5.33. The summed E-state index contributed by atoms with van der Waals surface area (Å²) in [6.07, 6.45) is 2.73. The van der Waals surface area contributed by atoms with Gasteiger partial charge in [-0.05, 0) is 37.2 Å². The molecule has 35 heavy (non-hydrogen) atoms. The maximum absolute atomic E-state index is 12.9. The minimum Gasteiger partial charge on any atom is -0.493 e. The van der Waals surface area contributed by atoms with Crippen molar-refractivity contribution < 1.29 is 19.1 Å². The molecule has 2 aliphatic heterocycles. The van der Waals surface area contributed by atoms with E-state index in [1.807, 2.05) is 30.3 Å². The van der Waals surface area contributed by atoms with Crippen molar-refractivity contribution in [3.63, 3.8) is 0 Å². The van der Waals surface area contributed by atoms with Crippen LogP contribution in [0.5, 0.6) is 11.5 Å². The molecular weight excluding hydrogens is 446 g/mol. The first-order chi connectivity index (χ1) is 17.0. The Morgan fingerprint density at radius 3 is 2.63 bits per heavy atom. The van der Waals surface area contributed by atoms with Crippen LogP contribution in [0.25, 0.3) is 0 Å². The number of benzene rings is 1. The molecule has 2 saturated heterocycles. The van der Waals surface area contributed by atoms with Crippen molar-refractivity contribution in [3.8, 4) is 11.5 Å². The van der Waals surface area contributed by atoms with Crippen LogP contribution in [0.15, 0.2) is 36.5 Å². The lowest BCUT2D eigenvalue weighted by molar-refractivity contribution is -0.129. The number of rotatable bonds is 9. The molecule has 188 valence electrons. The number of anilines is 1. The summed E-state index contributed by atoms with van der Waals surface area (Å²) in [4.78, 5) is 36.4. The second kappa shape index (κ2) is 11.4. The quantitative estimate of drug-likeness (QED) is 0.582. The third-order valence-electron chi connectivity index (χ3n) is 6.83. The average molecular weight is 482 g/mol. The highest BCUT2D eigenvalue weighted by Crippen LogP contribution is 2.28. The van der Waals surface area contributed by atoms with Crippen molar-refractivity contribution in [2.24, 2.45) is 5.92 Å². The second-order valence-electron chi connectivity index (χ2n) is 9.17. The lowest BCUT2D eigenvalue weighted by atomic mass is 10.1. The van der Waals surface area contributed by atoms with Gasteiger partial charge in [0.2, 0.25) is 11.8 Å². The minimum atomic E-state index is -0.336. The third-order valence-corrected chi connectivity index (χ3v) is 6.83. The number of hydrogen-bond acceptors (Lipinski definition) is 7. The molecule has 3 heterocycles. The smallest absolute Gasteiger partial charge is 0.225 e. The van der Waals surface area contributed by atoms with Gasteiger partial charge < -0.3 is 29.5 Å². The van der Waals surface area contributed by atoms with Gasteiger partial charge in [0.15, 0.2) is 11.5 Å². The van der Waals surface area contributed by atoms with Crippen LogP contribution >= 0.6 is 0 Å². The van der Waals surface area contributed by atoms with Crippen LogP contribution in [-0.4, -0.2) is 87.1 Å². The van der Waals surface area contributed by atoms with Gasteiger partial charge in [-0.2, -0.15) is 0 Å². The molecule has 1 aromatic heterocycles. The molecule has 9 nitrogen and oxygen atoms in total. The number of nitrogens with one attached hydrogen (secondary N) is 1. The topological polar surface area (TPSA) is 87.2 Å². The Kier molecular flexibility index (Phi) is 8.07. The Bertz CT molecular complexity index is 1040. The van der Waals surface area contributed by atoms with Gasteiger partial charge in [0.1, 0.15) is 5.82 Å². The summed E-state index contributed by atoms with van der Waals surface area (Å²) >= 11 is 0. The van der Waals surface area contributed by atoms with Gasteiger partial charge in [-0.15, -0.1) is 0 Å². The number of nitrogens with zero attached hydrogens (tertiary/aromatic N) is 4. The lowest BCUT2D eigenvalue weighted by Crippen LogP contribution is -2.45. The number of amides is 2. The molecule has 1 unspecified atom stereocenters. The maximum Gasteiger partial charge on any atom is 0.225 e. The van der Waals surface area contributed by atoms with Crippen LogP contribution in [0.4, 0.5) is 5.82 Å². The van der Waals surface area contributed by atoms with E-state index in [1.165, 1.54) is 0 Å². The number of pyridine rings is 1. The summed E-state index contributed by atoms with van der Waals surface area (Å²) in [5.41, 5.74) is 2.05. The van der Waals surface area contributed by atoms with E-state index >= 15 is 0 Å². The number of ether oxygens (including phenoxy) is 2. The Morgan fingerprint density at radius 2 is 1.89 bits per heavy atom. The number of likely N-dealkylation sites (N-methyl/N-ethyl adjacent to an activating group) is 1. The molecule has 1 atom stereocenters. The van der Waals surface area contributed by atoms with Gasteiger partial charge in [-0.25, -0.2) is 4.98 Å². The molecule has 0 aliphatic carbocycles. The number of aromatic nitrogens is 1. The van der Waals surface area contributed by atoms with Crippen molar-refractivity contribution in [2.75, 3.05) is 65.4 Å². The van der Waals surface area contributed by atoms with Crippen molar-refractivity contribution in [2.45, 2.75) is 19.4 Å². The fourth-order valence-corrected chi connectivity index (χ4v) is 4.66. The van der Waals surface area contributed by atoms with Gasteiger partial charge in [0, 0.05) is 64.0 Å². The zero-order valence-electron chi connectivity index (χ0n) is 20.8. The third kappa shape index (κ3) is 6.03. The highest BCUT2D eigenvalue weighted by molar-refractivity contribution is 5.89. The Morgan fingerprint density at radius 1 is 1.11 bits per heavy atom. The van der Waals surface area contributed by atoms with Crippen molar-refractivity contribution in [3.05, 3.63) is 47.7 Å². The van der Waals surface area contributed by atoms with Crippen LogP contribution in [0.2, 0.25) is 0 Å². The fraction of sp³-hybridized carbons (Fsp3) is 0.500. The van der Waals surface area contributed by atoms with Gasteiger partial charge in [0.05, 0.1) is 20.1 Å². The zero-order chi connectivity index (χ0) is 24.8. The van der Waals surface area contributed by atoms with Crippen LogP contribution < -0.4 is 19.7 Å². The lowest BCUT2D eigenvalue weighted by Gasteiger charge is -2.34.